The summed E-state index contributed by atoms with van der Waals surface area (Å²) in [7, 11) is 0. The van der Waals surface area contributed by atoms with Gasteiger partial charge in [0.15, 0.2) is 0 Å². The topological polar surface area (TPSA) is 68.3 Å². The Morgan fingerprint density at radius 1 is 1.07 bits per heavy atom. The molecule has 0 spiro atoms. The molecule has 2 saturated heterocycles. The Kier molecular flexibility index (Phi) is 7.18. The van der Waals surface area contributed by atoms with E-state index in [9.17, 15) is 14.0 Å². The van der Waals surface area contributed by atoms with Crippen molar-refractivity contribution in [1.29, 1.82) is 0 Å². The summed E-state index contributed by atoms with van der Waals surface area (Å²) < 4.78 is 30.8. The highest BCUT2D eigenvalue weighted by molar-refractivity contribution is 5.69. The van der Waals surface area contributed by atoms with E-state index in [1.54, 1.807) is 25.7 Å². The third-order valence-electron chi connectivity index (χ3n) is 5.10. The molecule has 0 unspecified atom stereocenters. The number of alkyl halides is 1. The van der Waals surface area contributed by atoms with Gasteiger partial charge in [-0.1, -0.05) is 30.3 Å². The van der Waals surface area contributed by atoms with Crippen molar-refractivity contribution in [2.24, 2.45) is 5.92 Å². The number of benzene rings is 1. The Balaban J connectivity index is 1.32. The van der Waals surface area contributed by atoms with Gasteiger partial charge in [0.05, 0.1) is 19.3 Å². The van der Waals surface area contributed by atoms with Gasteiger partial charge in [-0.15, -0.1) is 0 Å². The molecule has 0 radical (unpaired) electrons. The van der Waals surface area contributed by atoms with Gasteiger partial charge in [-0.3, -0.25) is 0 Å². The summed E-state index contributed by atoms with van der Waals surface area (Å²) in [6, 6.07) is 9.52. The molecule has 3 rings (SSSR count). The minimum absolute atomic E-state index is 0.0256. The number of likely N-dealkylation sites (tertiary alicyclic amines) is 2. The highest BCUT2D eigenvalue weighted by Crippen LogP contribution is 2.23. The Labute approximate surface area is 177 Å². The molecule has 1 aromatic rings. The van der Waals surface area contributed by atoms with Gasteiger partial charge < -0.3 is 24.0 Å². The van der Waals surface area contributed by atoms with E-state index in [4.69, 9.17) is 14.2 Å². The summed E-state index contributed by atoms with van der Waals surface area (Å²) in [5.41, 5.74) is 0.340. The average molecular weight is 422 g/mol. The molecule has 2 heterocycles. The van der Waals surface area contributed by atoms with Gasteiger partial charge in [-0.05, 0) is 32.8 Å². The first-order chi connectivity index (χ1) is 14.2. The van der Waals surface area contributed by atoms with E-state index in [0.717, 1.165) is 5.56 Å². The van der Waals surface area contributed by atoms with Crippen molar-refractivity contribution in [2.45, 2.75) is 51.7 Å². The van der Waals surface area contributed by atoms with E-state index in [2.05, 4.69) is 0 Å². The number of rotatable bonds is 5. The molecule has 30 heavy (non-hydrogen) atoms. The van der Waals surface area contributed by atoms with Crippen LogP contribution in [0.4, 0.5) is 14.0 Å². The second-order valence-corrected chi connectivity index (χ2v) is 8.91. The number of carbonyl (C=O) groups excluding carboxylic acids is 2. The van der Waals surface area contributed by atoms with Gasteiger partial charge in [0.25, 0.3) is 0 Å². The first kappa shape index (κ1) is 22.3. The molecule has 0 N–H and O–H groups in total. The Morgan fingerprint density at radius 2 is 1.77 bits per heavy atom. The zero-order valence-corrected chi connectivity index (χ0v) is 17.9. The molecule has 166 valence electrons. The zero-order chi connectivity index (χ0) is 21.7. The second-order valence-electron chi connectivity index (χ2n) is 8.91. The number of amides is 2. The molecular weight excluding hydrogens is 391 g/mol. The lowest BCUT2D eigenvalue weighted by Gasteiger charge is -2.40. The normalized spacial score (nSPS) is 22.4. The van der Waals surface area contributed by atoms with Gasteiger partial charge in [-0.2, -0.15) is 0 Å². The number of nitrogens with zero attached hydrogens (tertiary/aromatic N) is 2. The summed E-state index contributed by atoms with van der Waals surface area (Å²) in [6.45, 7) is 7.46. The quantitative estimate of drug-likeness (QED) is 0.725. The van der Waals surface area contributed by atoms with Crippen molar-refractivity contribution in [3.05, 3.63) is 35.9 Å². The molecule has 2 aliphatic heterocycles. The second kappa shape index (κ2) is 9.64. The maximum absolute atomic E-state index is 14.5. The van der Waals surface area contributed by atoms with Crippen molar-refractivity contribution in [1.82, 2.24) is 9.80 Å². The molecule has 1 aromatic carbocycles. The van der Waals surface area contributed by atoms with E-state index in [1.165, 1.54) is 4.90 Å². The number of piperidine rings is 1. The standard InChI is InChI=1S/C22H31FN2O5/c1-22(2,3)30-21(27)24-10-9-19(18(23)13-24)28-15-17-11-25(12-17)20(26)29-14-16-7-5-4-6-8-16/h4-8,17-19H,9-15H2,1-3H3/t18-,19-/m1/s1. The molecule has 2 amide bonds. The largest absolute Gasteiger partial charge is 0.445 e. The minimum atomic E-state index is -1.25. The molecule has 0 aromatic heterocycles. The fraction of sp³-hybridized carbons (Fsp3) is 0.636. The lowest BCUT2D eigenvalue weighted by atomic mass is 10.0. The van der Waals surface area contributed by atoms with Crippen molar-refractivity contribution in [2.75, 3.05) is 32.8 Å². The molecule has 2 aliphatic rings. The number of ether oxygens (including phenoxy) is 3. The third-order valence-corrected chi connectivity index (χ3v) is 5.10. The Bertz CT molecular complexity index is 718. The lowest BCUT2D eigenvalue weighted by Crippen LogP contribution is -2.53. The van der Waals surface area contributed by atoms with Gasteiger partial charge in [-0.25, -0.2) is 14.0 Å². The van der Waals surface area contributed by atoms with Gasteiger partial charge in [0.1, 0.15) is 18.4 Å². The summed E-state index contributed by atoms with van der Waals surface area (Å²) in [5.74, 6) is 0.172. The predicted molar refractivity (Wildman–Crippen MR) is 109 cm³/mol. The van der Waals surface area contributed by atoms with Crippen LogP contribution >= 0.6 is 0 Å². The summed E-state index contributed by atoms with van der Waals surface area (Å²) in [4.78, 5) is 27.1. The maximum Gasteiger partial charge on any atom is 0.410 e. The summed E-state index contributed by atoms with van der Waals surface area (Å²) in [6.07, 6.45) is -2.20. The van der Waals surface area contributed by atoms with Crippen molar-refractivity contribution in [3.8, 4) is 0 Å². The van der Waals surface area contributed by atoms with Crippen LogP contribution in [0, 0.1) is 5.92 Å². The molecule has 2 atom stereocenters. The predicted octanol–water partition coefficient (Wildman–Crippen LogP) is 3.62. The lowest BCUT2D eigenvalue weighted by molar-refractivity contribution is -0.0762. The van der Waals surface area contributed by atoms with Crippen molar-refractivity contribution >= 4 is 12.2 Å². The van der Waals surface area contributed by atoms with Gasteiger partial charge in [0.2, 0.25) is 0 Å². The van der Waals surface area contributed by atoms with Crippen LogP contribution in [0.2, 0.25) is 0 Å². The third kappa shape index (κ3) is 6.32. The number of hydrogen-bond acceptors (Lipinski definition) is 5. The van der Waals surface area contributed by atoms with Crippen molar-refractivity contribution in [3.63, 3.8) is 0 Å². The monoisotopic (exact) mass is 422 g/mol. The highest BCUT2D eigenvalue weighted by Gasteiger charge is 2.37. The molecule has 2 fully saturated rings. The van der Waals surface area contributed by atoms with Crippen LogP contribution in [0.5, 0.6) is 0 Å². The van der Waals surface area contributed by atoms with Gasteiger partial charge in [0, 0.05) is 25.6 Å². The van der Waals surface area contributed by atoms with Crippen molar-refractivity contribution < 1.29 is 28.2 Å². The van der Waals surface area contributed by atoms with Crippen LogP contribution in [-0.2, 0) is 20.8 Å². The van der Waals surface area contributed by atoms with E-state index in [1.807, 2.05) is 30.3 Å². The number of carbonyl (C=O) groups is 2. The maximum atomic E-state index is 14.5. The number of halogens is 1. The molecule has 7 nitrogen and oxygen atoms in total. The van der Waals surface area contributed by atoms with Crippen LogP contribution in [0.15, 0.2) is 30.3 Å². The minimum Gasteiger partial charge on any atom is -0.445 e. The fourth-order valence-electron chi connectivity index (χ4n) is 3.46. The van der Waals surface area contributed by atoms with E-state index in [-0.39, 0.29) is 25.2 Å². The van der Waals surface area contributed by atoms with Crippen LogP contribution < -0.4 is 0 Å². The van der Waals surface area contributed by atoms with Crippen LogP contribution in [0.3, 0.4) is 0 Å². The van der Waals surface area contributed by atoms with Gasteiger partial charge >= 0.3 is 12.2 Å². The molecule has 0 aliphatic carbocycles. The Morgan fingerprint density at radius 3 is 2.40 bits per heavy atom. The fourth-order valence-corrected chi connectivity index (χ4v) is 3.46. The molecule has 0 bridgehead atoms. The average Bonchev–Trinajstić information content (AvgIpc) is 2.65. The van der Waals surface area contributed by atoms with E-state index >= 15 is 0 Å². The molecule has 8 heteroatoms. The first-order valence-corrected chi connectivity index (χ1v) is 10.4. The Hall–Kier alpha value is -2.35. The van der Waals surface area contributed by atoms with Crippen LogP contribution in [-0.4, -0.2) is 72.6 Å². The first-order valence-electron chi connectivity index (χ1n) is 10.4. The smallest absolute Gasteiger partial charge is 0.410 e. The molecular formula is C22H31FN2O5. The van der Waals surface area contributed by atoms with Crippen LogP contribution in [0.1, 0.15) is 32.8 Å². The highest BCUT2D eigenvalue weighted by atomic mass is 19.1. The van der Waals surface area contributed by atoms with E-state index in [0.29, 0.717) is 32.7 Å². The number of hydrogen-bond donors (Lipinski definition) is 0. The zero-order valence-electron chi connectivity index (χ0n) is 17.9. The summed E-state index contributed by atoms with van der Waals surface area (Å²) >= 11 is 0. The van der Waals surface area contributed by atoms with E-state index < -0.39 is 24.0 Å². The SMILES string of the molecule is CC(C)(C)OC(=O)N1CC[C@@H](OCC2CN(C(=O)OCc3ccccc3)C2)[C@H](F)C1. The summed E-state index contributed by atoms with van der Waals surface area (Å²) in [5, 5.41) is 0. The molecule has 0 saturated carbocycles. The van der Waals surface area contributed by atoms with Crippen LogP contribution in [0.25, 0.3) is 0 Å².